The summed E-state index contributed by atoms with van der Waals surface area (Å²) in [5.74, 6) is 0.203. The average molecular weight is 202 g/mol. The molecular weight excluding hydrogens is 194 g/mol. The summed E-state index contributed by atoms with van der Waals surface area (Å²) in [7, 11) is 0. The highest BCUT2D eigenvalue weighted by molar-refractivity contribution is 6.17. The monoisotopic (exact) mass is 201 g/mol. The second-order valence-electron chi connectivity index (χ2n) is 2.56. The number of nitro groups is 1. The lowest BCUT2D eigenvalue weighted by Gasteiger charge is -2.00. The highest BCUT2D eigenvalue weighted by atomic mass is 35.5. The van der Waals surface area contributed by atoms with Gasteiger partial charge in [0.1, 0.15) is 0 Å². The van der Waals surface area contributed by atoms with Crippen molar-refractivity contribution in [1.29, 1.82) is 0 Å². The second kappa shape index (κ2) is 4.20. The summed E-state index contributed by atoms with van der Waals surface area (Å²) in [5.41, 5.74) is 1.10. The molecule has 70 valence electrons. The molecule has 1 aromatic rings. The number of nitro benzene ring substituents is 1. The van der Waals surface area contributed by atoms with Gasteiger partial charge in [-0.05, 0) is 11.1 Å². The van der Waals surface area contributed by atoms with E-state index in [1.807, 2.05) is 0 Å². The predicted molar refractivity (Wildman–Crippen MR) is 48.6 cm³/mol. The van der Waals surface area contributed by atoms with E-state index >= 15 is 0 Å². The maximum absolute atomic E-state index is 10.4. The Hall–Kier alpha value is -1.13. The Morgan fingerprint density at radius 3 is 2.46 bits per heavy atom. The van der Waals surface area contributed by atoms with Crippen LogP contribution in [0.15, 0.2) is 18.2 Å². The van der Waals surface area contributed by atoms with Gasteiger partial charge in [0.05, 0.1) is 11.5 Å². The van der Waals surface area contributed by atoms with E-state index in [0.29, 0.717) is 11.1 Å². The molecule has 1 aromatic carbocycles. The fourth-order valence-corrected chi connectivity index (χ4v) is 1.17. The molecule has 0 fully saturated rings. The zero-order chi connectivity index (χ0) is 9.84. The predicted octanol–water partition coefficient (Wildman–Crippen LogP) is 1.83. The molecule has 13 heavy (non-hydrogen) atoms. The third-order valence-electron chi connectivity index (χ3n) is 1.59. The summed E-state index contributed by atoms with van der Waals surface area (Å²) in [6, 6.07) is 4.36. The Kier molecular flexibility index (Phi) is 3.22. The molecule has 0 unspecified atom stereocenters. The third kappa shape index (κ3) is 2.40. The first kappa shape index (κ1) is 9.95. The first-order valence-electron chi connectivity index (χ1n) is 3.61. The van der Waals surface area contributed by atoms with E-state index in [1.54, 1.807) is 6.07 Å². The lowest BCUT2D eigenvalue weighted by atomic mass is 10.1. The highest BCUT2D eigenvalue weighted by Crippen LogP contribution is 2.18. The van der Waals surface area contributed by atoms with E-state index in [4.69, 9.17) is 16.7 Å². The van der Waals surface area contributed by atoms with Crippen molar-refractivity contribution >= 4 is 17.3 Å². The van der Waals surface area contributed by atoms with E-state index in [9.17, 15) is 10.1 Å². The Balaban J connectivity index is 3.14. The summed E-state index contributed by atoms with van der Waals surface area (Å²) in [6.07, 6.45) is 0. The number of rotatable bonds is 3. The van der Waals surface area contributed by atoms with Crippen molar-refractivity contribution in [2.24, 2.45) is 0 Å². The number of alkyl halides is 1. The summed E-state index contributed by atoms with van der Waals surface area (Å²) in [6.45, 7) is -0.217. The van der Waals surface area contributed by atoms with Crippen LogP contribution in [0.2, 0.25) is 0 Å². The van der Waals surface area contributed by atoms with Gasteiger partial charge in [-0.3, -0.25) is 10.1 Å². The van der Waals surface area contributed by atoms with Gasteiger partial charge < -0.3 is 5.11 Å². The number of non-ortho nitro benzene ring substituents is 1. The molecule has 5 heteroatoms. The molecule has 0 spiro atoms. The minimum absolute atomic E-state index is 0.0396. The van der Waals surface area contributed by atoms with Crippen LogP contribution in [0.1, 0.15) is 11.1 Å². The van der Waals surface area contributed by atoms with Crippen LogP contribution in [-0.2, 0) is 12.5 Å². The van der Waals surface area contributed by atoms with E-state index in [0.717, 1.165) is 0 Å². The standard InChI is InChI=1S/C8H8ClNO3/c9-4-6-1-7(5-11)3-8(2-6)10(12)13/h1-3,11H,4-5H2. The van der Waals surface area contributed by atoms with Gasteiger partial charge in [0.25, 0.3) is 5.69 Å². The van der Waals surface area contributed by atoms with Gasteiger partial charge in [-0.1, -0.05) is 6.07 Å². The van der Waals surface area contributed by atoms with Crippen molar-refractivity contribution < 1.29 is 10.0 Å². The zero-order valence-corrected chi connectivity index (χ0v) is 7.49. The maximum atomic E-state index is 10.4. The molecule has 1 N–H and O–H groups in total. The smallest absolute Gasteiger partial charge is 0.270 e. The lowest BCUT2D eigenvalue weighted by molar-refractivity contribution is -0.385. The molecule has 0 radical (unpaired) electrons. The number of benzene rings is 1. The average Bonchev–Trinajstić information content (AvgIpc) is 2.16. The normalized spacial score (nSPS) is 10.0. The van der Waals surface area contributed by atoms with Gasteiger partial charge in [0.15, 0.2) is 0 Å². The first-order valence-corrected chi connectivity index (χ1v) is 4.15. The largest absolute Gasteiger partial charge is 0.392 e. The molecule has 0 saturated heterocycles. The Labute approximate surface area is 79.9 Å². The van der Waals surface area contributed by atoms with Crippen molar-refractivity contribution in [2.45, 2.75) is 12.5 Å². The van der Waals surface area contributed by atoms with Crippen LogP contribution in [0.25, 0.3) is 0 Å². The van der Waals surface area contributed by atoms with Crippen LogP contribution in [0.4, 0.5) is 5.69 Å². The topological polar surface area (TPSA) is 63.4 Å². The van der Waals surface area contributed by atoms with Crippen molar-refractivity contribution in [3.8, 4) is 0 Å². The summed E-state index contributed by atoms with van der Waals surface area (Å²) in [4.78, 5) is 9.91. The number of aliphatic hydroxyl groups is 1. The second-order valence-corrected chi connectivity index (χ2v) is 2.82. The van der Waals surface area contributed by atoms with Crippen LogP contribution in [0.3, 0.4) is 0 Å². The minimum Gasteiger partial charge on any atom is -0.392 e. The van der Waals surface area contributed by atoms with Gasteiger partial charge >= 0.3 is 0 Å². The quantitative estimate of drug-likeness (QED) is 0.461. The Bertz CT molecular complexity index is 305. The van der Waals surface area contributed by atoms with Crippen LogP contribution < -0.4 is 0 Å². The molecule has 0 atom stereocenters. The van der Waals surface area contributed by atoms with Crippen LogP contribution in [0.5, 0.6) is 0 Å². The van der Waals surface area contributed by atoms with Crippen LogP contribution >= 0.6 is 11.6 Å². The minimum atomic E-state index is -0.505. The number of halogens is 1. The molecule has 0 aliphatic carbocycles. The number of aliphatic hydroxyl groups excluding tert-OH is 1. The van der Waals surface area contributed by atoms with Crippen molar-refractivity contribution in [3.05, 3.63) is 39.4 Å². The lowest BCUT2D eigenvalue weighted by Crippen LogP contribution is -1.93. The van der Waals surface area contributed by atoms with Crippen LogP contribution in [-0.4, -0.2) is 10.0 Å². The maximum Gasteiger partial charge on any atom is 0.270 e. The van der Waals surface area contributed by atoms with E-state index in [-0.39, 0.29) is 18.2 Å². The Morgan fingerprint density at radius 1 is 1.38 bits per heavy atom. The van der Waals surface area contributed by atoms with Gasteiger partial charge in [-0.2, -0.15) is 0 Å². The summed E-state index contributed by atoms with van der Waals surface area (Å²) >= 11 is 5.53. The van der Waals surface area contributed by atoms with E-state index in [1.165, 1.54) is 12.1 Å². The summed E-state index contributed by atoms with van der Waals surface area (Å²) < 4.78 is 0. The van der Waals surface area contributed by atoms with Crippen molar-refractivity contribution in [2.75, 3.05) is 0 Å². The first-order chi connectivity index (χ1) is 6.17. The highest BCUT2D eigenvalue weighted by Gasteiger charge is 2.08. The number of hydrogen-bond acceptors (Lipinski definition) is 3. The fourth-order valence-electron chi connectivity index (χ4n) is 1.02. The van der Waals surface area contributed by atoms with Crippen LogP contribution in [0, 0.1) is 10.1 Å². The molecule has 0 aliphatic rings. The molecule has 0 aromatic heterocycles. The van der Waals surface area contributed by atoms with E-state index < -0.39 is 4.92 Å². The molecule has 0 amide bonds. The van der Waals surface area contributed by atoms with Gasteiger partial charge in [0, 0.05) is 18.0 Å². The molecule has 1 rings (SSSR count). The number of nitrogens with zero attached hydrogens (tertiary/aromatic N) is 1. The van der Waals surface area contributed by atoms with Crippen molar-refractivity contribution in [1.82, 2.24) is 0 Å². The van der Waals surface area contributed by atoms with Gasteiger partial charge in [-0.15, -0.1) is 11.6 Å². The SMILES string of the molecule is O=[N+]([O-])c1cc(CO)cc(CCl)c1. The fraction of sp³-hybridized carbons (Fsp3) is 0.250. The molecular formula is C8H8ClNO3. The van der Waals surface area contributed by atoms with Gasteiger partial charge in [-0.25, -0.2) is 0 Å². The molecule has 4 nitrogen and oxygen atoms in total. The molecule has 0 heterocycles. The molecule has 0 bridgehead atoms. The third-order valence-corrected chi connectivity index (χ3v) is 1.89. The number of hydrogen-bond donors (Lipinski definition) is 1. The van der Waals surface area contributed by atoms with E-state index in [2.05, 4.69) is 0 Å². The molecule has 0 aliphatic heterocycles. The van der Waals surface area contributed by atoms with Crippen molar-refractivity contribution in [3.63, 3.8) is 0 Å². The van der Waals surface area contributed by atoms with Gasteiger partial charge in [0.2, 0.25) is 0 Å². The Morgan fingerprint density at radius 2 is 2.00 bits per heavy atom. The summed E-state index contributed by atoms with van der Waals surface area (Å²) in [5, 5.41) is 19.2. The molecule has 0 saturated carbocycles. The zero-order valence-electron chi connectivity index (χ0n) is 6.74.